The Labute approximate surface area is 128 Å². The average Bonchev–Trinajstić information content (AvgIpc) is 2.73. The predicted molar refractivity (Wildman–Crippen MR) is 84.6 cm³/mol. The standard InChI is InChI=1S/C15H18ClN3O2/c1-8(2)13-14(20)12(15(21)17-13)9(3)18-19-11-6-4-10(16)5-7-11/h4-8,13,19-20H,1-3H3,(H,17,21). The molecule has 2 rings (SSSR count). The molecule has 0 aromatic heterocycles. The number of aliphatic hydroxyl groups is 1. The topological polar surface area (TPSA) is 73.7 Å². The van der Waals surface area contributed by atoms with E-state index in [1.807, 2.05) is 13.8 Å². The molecule has 0 aliphatic carbocycles. The number of anilines is 1. The van der Waals surface area contributed by atoms with Crippen LogP contribution in [0.15, 0.2) is 40.7 Å². The van der Waals surface area contributed by atoms with Crippen molar-refractivity contribution in [3.8, 4) is 0 Å². The van der Waals surface area contributed by atoms with Crippen molar-refractivity contribution < 1.29 is 9.90 Å². The van der Waals surface area contributed by atoms with E-state index in [9.17, 15) is 9.90 Å². The van der Waals surface area contributed by atoms with Crippen molar-refractivity contribution in [2.24, 2.45) is 11.0 Å². The molecule has 3 N–H and O–H groups in total. The molecule has 1 aromatic carbocycles. The zero-order valence-corrected chi connectivity index (χ0v) is 12.9. The summed E-state index contributed by atoms with van der Waals surface area (Å²) in [7, 11) is 0. The summed E-state index contributed by atoms with van der Waals surface area (Å²) in [6, 6.07) is 6.68. The lowest BCUT2D eigenvalue weighted by Gasteiger charge is -2.14. The number of carbonyl (C=O) groups excluding carboxylic acids is 1. The summed E-state index contributed by atoms with van der Waals surface area (Å²) in [6.45, 7) is 5.54. The molecule has 1 atom stereocenters. The Hall–Kier alpha value is -2.01. The maximum atomic E-state index is 11.9. The Kier molecular flexibility index (Phi) is 4.53. The molecule has 112 valence electrons. The van der Waals surface area contributed by atoms with Crippen molar-refractivity contribution >= 4 is 28.9 Å². The number of nitrogens with zero attached hydrogens (tertiary/aromatic N) is 1. The SMILES string of the molecule is CC(=NNc1ccc(Cl)cc1)C1=C(O)C(C(C)C)NC1=O. The Morgan fingerprint density at radius 1 is 1.38 bits per heavy atom. The second kappa shape index (κ2) is 6.18. The lowest BCUT2D eigenvalue weighted by molar-refractivity contribution is -0.116. The van der Waals surface area contributed by atoms with Gasteiger partial charge in [-0.2, -0.15) is 5.10 Å². The summed E-state index contributed by atoms with van der Waals surface area (Å²) in [4.78, 5) is 11.9. The maximum Gasteiger partial charge on any atom is 0.257 e. The molecular weight excluding hydrogens is 290 g/mol. The number of rotatable bonds is 4. The van der Waals surface area contributed by atoms with E-state index in [1.54, 1.807) is 31.2 Å². The number of nitrogens with one attached hydrogen (secondary N) is 2. The van der Waals surface area contributed by atoms with Crippen LogP contribution < -0.4 is 10.7 Å². The summed E-state index contributed by atoms with van der Waals surface area (Å²) in [6.07, 6.45) is 0. The lowest BCUT2D eigenvalue weighted by atomic mass is 10.0. The van der Waals surface area contributed by atoms with Gasteiger partial charge in [0.1, 0.15) is 11.3 Å². The number of carbonyl (C=O) groups is 1. The van der Waals surface area contributed by atoms with Crippen LogP contribution in [0.5, 0.6) is 0 Å². The minimum Gasteiger partial charge on any atom is -0.509 e. The number of hydrogen-bond donors (Lipinski definition) is 3. The van der Waals surface area contributed by atoms with Crippen molar-refractivity contribution in [3.63, 3.8) is 0 Å². The molecule has 5 nitrogen and oxygen atoms in total. The molecule has 1 unspecified atom stereocenters. The van der Waals surface area contributed by atoms with Crippen molar-refractivity contribution in [2.75, 3.05) is 5.43 Å². The van der Waals surface area contributed by atoms with Crippen LogP contribution in [0, 0.1) is 5.92 Å². The van der Waals surface area contributed by atoms with Gasteiger partial charge in [-0.1, -0.05) is 25.4 Å². The van der Waals surface area contributed by atoms with Gasteiger partial charge in [0.15, 0.2) is 0 Å². The van der Waals surface area contributed by atoms with Gasteiger partial charge in [-0.15, -0.1) is 0 Å². The Balaban J connectivity index is 2.18. The van der Waals surface area contributed by atoms with Crippen LogP contribution in [-0.4, -0.2) is 22.8 Å². The fourth-order valence-electron chi connectivity index (χ4n) is 2.11. The molecule has 1 aliphatic rings. The fourth-order valence-corrected chi connectivity index (χ4v) is 2.24. The van der Waals surface area contributed by atoms with Gasteiger partial charge < -0.3 is 10.4 Å². The van der Waals surface area contributed by atoms with Gasteiger partial charge in [-0.25, -0.2) is 0 Å². The summed E-state index contributed by atoms with van der Waals surface area (Å²) >= 11 is 5.80. The molecule has 21 heavy (non-hydrogen) atoms. The monoisotopic (exact) mass is 307 g/mol. The highest BCUT2D eigenvalue weighted by molar-refractivity contribution is 6.30. The van der Waals surface area contributed by atoms with Crippen LogP contribution in [0.2, 0.25) is 5.02 Å². The highest BCUT2D eigenvalue weighted by Gasteiger charge is 2.34. The number of benzene rings is 1. The third-order valence-corrected chi connectivity index (χ3v) is 3.54. The minimum absolute atomic E-state index is 0.0501. The molecule has 1 heterocycles. The molecule has 0 spiro atoms. The molecule has 0 fully saturated rings. The molecule has 0 saturated carbocycles. The van der Waals surface area contributed by atoms with Crippen molar-refractivity contribution in [1.82, 2.24) is 5.32 Å². The average molecular weight is 308 g/mol. The zero-order chi connectivity index (χ0) is 15.6. The van der Waals surface area contributed by atoms with E-state index in [2.05, 4.69) is 15.8 Å². The fraction of sp³-hybridized carbons (Fsp3) is 0.333. The van der Waals surface area contributed by atoms with E-state index in [-0.39, 0.29) is 29.2 Å². The summed E-state index contributed by atoms with van der Waals surface area (Å²) < 4.78 is 0. The first kappa shape index (κ1) is 15.4. The first-order valence-electron chi connectivity index (χ1n) is 6.70. The first-order chi connectivity index (χ1) is 9.90. The Morgan fingerprint density at radius 2 is 2.00 bits per heavy atom. The highest BCUT2D eigenvalue weighted by Crippen LogP contribution is 2.22. The van der Waals surface area contributed by atoms with Gasteiger partial charge in [0.25, 0.3) is 5.91 Å². The molecule has 0 bridgehead atoms. The smallest absolute Gasteiger partial charge is 0.257 e. The molecule has 1 aromatic rings. The van der Waals surface area contributed by atoms with Gasteiger partial charge in [0.2, 0.25) is 0 Å². The third-order valence-electron chi connectivity index (χ3n) is 3.29. The normalized spacial score (nSPS) is 19.2. The third kappa shape index (κ3) is 3.36. The number of amides is 1. The van der Waals surface area contributed by atoms with Gasteiger partial charge in [-0.3, -0.25) is 10.2 Å². The summed E-state index contributed by atoms with van der Waals surface area (Å²) in [5.74, 6) is -0.136. The van der Waals surface area contributed by atoms with Gasteiger partial charge in [0.05, 0.1) is 17.4 Å². The molecular formula is C15H18ClN3O2. The molecule has 6 heteroatoms. The quantitative estimate of drug-likeness (QED) is 0.591. The van der Waals surface area contributed by atoms with Crippen LogP contribution in [-0.2, 0) is 4.79 Å². The van der Waals surface area contributed by atoms with Crippen LogP contribution >= 0.6 is 11.6 Å². The van der Waals surface area contributed by atoms with E-state index < -0.39 is 0 Å². The van der Waals surface area contributed by atoms with Crippen LogP contribution in [0.4, 0.5) is 5.69 Å². The first-order valence-corrected chi connectivity index (χ1v) is 7.08. The summed E-state index contributed by atoms with van der Waals surface area (Å²) in [5, 5.41) is 17.7. The van der Waals surface area contributed by atoms with Crippen LogP contribution in [0.1, 0.15) is 20.8 Å². The highest BCUT2D eigenvalue weighted by atomic mass is 35.5. The van der Waals surface area contributed by atoms with Gasteiger partial charge in [0, 0.05) is 5.02 Å². The second-order valence-electron chi connectivity index (χ2n) is 5.27. The van der Waals surface area contributed by atoms with Crippen molar-refractivity contribution in [3.05, 3.63) is 40.6 Å². The second-order valence-corrected chi connectivity index (χ2v) is 5.71. The van der Waals surface area contributed by atoms with Gasteiger partial charge in [-0.05, 0) is 37.1 Å². The maximum absolute atomic E-state index is 11.9. The molecule has 1 aliphatic heterocycles. The van der Waals surface area contributed by atoms with Gasteiger partial charge >= 0.3 is 0 Å². The van der Waals surface area contributed by atoms with E-state index in [1.165, 1.54) is 0 Å². The van der Waals surface area contributed by atoms with E-state index >= 15 is 0 Å². The van der Waals surface area contributed by atoms with E-state index in [4.69, 9.17) is 11.6 Å². The number of hydrazone groups is 1. The lowest BCUT2D eigenvalue weighted by Crippen LogP contribution is -2.33. The minimum atomic E-state index is -0.354. The number of aliphatic hydroxyl groups excluding tert-OH is 1. The number of halogens is 1. The zero-order valence-electron chi connectivity index (χ0n) is 12.1. The van der Waals surface area contributed by atoms with E-state index in [0.717, 1.165) is 5.69 Å². The van der Waals surface area contributed by atoms with Crippen molar-refractivity contribution in [2.45, 2.75) is 26.8 Å². The van der Waals surface area contributed by atoms with Crippen molar-refractivity contribution in [1.29, 1.82) is 0 Å². The number of hydrogen-bond acceptors (Lipinski definition) is 4. The molecule has 1 amide bonds. The molecule has 0 radical (unpaired) electrons. The largest absolute Gasteiger partial charge is 0.509 e. The van der Waals surface area contributed by atoms with Crippen LogP contribution in [0.3, 0.4) is 0 Å². The summed E-state index contributed by atoms with van der Waals surface area (Å²) in [5.41, 5.74) is 4.25. The molecule has 0 saturated heterocycles. The van der Waals surface area contributed by atoms with Crippen LogP contribution in [0.25, 0.3) is 0 Å². The Bertz CT molecular complexity index is 606. The Morgan fingerprint density at radius 3 is 2.52 bits per heavy atom. The van der Waals surface area contributed by atoms with E-state index in [0.29, 0.717) is 10.7 Å². The predicted octanol–water partition coefficient (Wildman–Crippen LogP) is 3.09.